The monoisotopic (exact) mass is 465 g/mol. The van der Waals surface area contributed by atoms with Crippen LogP contribution in [0.5, 0.6) is 17.2 Å². The molecule has 0 saturated heterocycles. The van der Waals surface area contributed by atoms with Crippen molar-refractivity contribution in [1.29, 1.82) is 0 Å². The predicted octanol–water partition coefficient (Wildman–Crippen LogP) is 2.34. The fourth-order valence-corrected chi connectivity index (χ4v) is 4.10. The molecule has 0 heterocycles. The van der Waals surface area contributed by atoms with E-state index in [-0.39, 0.29) is 17.3 Å². The summed E-state index contributed by atoms with van der Waals surface area (Å²) in [6.45, 7) is 2.31. The number of carbonyl (C=O) groups excluding carboxylic acids is 1. The van der Waals surface area contributed by atoms with E-state index < -0.39 is 10.0 Å². The van der Waals surface area contributed by atoms with Crippen LogP contribution in [-0.2, 0) is 21.4 Å². The molecule has 0 aromatic heterocycles. The number of anilines is 1. The molecule has 9 nitrogen and oxygen atoms in total. The molecule has 0 fully saturated rings. The summed E-state index contributed by atoms with van der Waals surface area (Å²) < 4.78 is 42.1. The molecule has 1 amide bonds. The van der Waals surface area contributed by atoms with Gasteiger partial charge in [-0.1, -0.05) is 12.1 Å². The Kier molecular flexibility index (Phi) is 8.48. The van der Waals surface area contributed by atoms with Crippen molar-refractivity contribution < 1.29 is 27.4 Å². The molecular formula is C22H31N3O6S. The first-order valence-electron chi connectivity index (χ1n) is 9.84. The lowest BCUT2D eigenvalue weighted by molar-refractivity contribution is -0.117. The molecule has 0 radical (unpaired) electrons. The molecule has 2 aromatic carbocycles. The molecular weight excluding hydrogens is 434 g/mol. The number of likely N-dealkylation sites (N-methyl/N-ethyl adjacent to an activating group) is 1. The maximum Gasteiger partial charge on any atom is 0.242 e. The van der Waals surface area contributed by atoms with Crippen LogP contribution in [0.2, 0.25) is 0 Å². The summed E-state index contributed by atoms with van der Waals surface area (Å²) in [4.78, 5) is 14.6. The van der Waals surface area contributed by atoms with Crippen molar-refractivity contribution in [3.63, 3.8) is 0 Å². The SMILES string of the molecule is COc1ccc(CN(C)CC(=O)Nc2cc(S(=O)(=O)N(C)C)ccc2C)c(OC)c1OC. The lowest BCUT2D eigenvalue weighted by atomic mass is 10.1. The molecule has 0 aliphatic rings. The number of ether oxygens (including phenoxy) is 3. The Morgan fingerprint density at radius 2 is 1.62 bits per heavy atom. The quantitative estimate of drug-likeness (QED) is 0.575. The van der Waals surface area contributed by atoms with E-state index in [4.69, 9.17) is 14.2 Å². The first-order chi connectivity index (χ1) is 15.0. The minimum absolute atomic E-state index is 0.0849. The molecule has 0 aliphatic heterocycles. The second kappa shape index (κ2) is 10.7. The largest absolute Gasteiger partial charge is 0.493 e. The zero-order valence-corrected chi connectivity index (χ0v) is 20.4. The maximum absolute atomic E-state index is 12.6. The third-order valence-electron chi connectivity index (χ3n) is 4.90. The number of sulfonamides is 1. The fraction of sp³-hybridized carbons (Fsp3) is 0.409. The Labute approximate surface area is 189 Å². The summed E-state index contributed by atoms with van der Waals surface area (Å²) in [6.07, 6.45) is 0. The second-order valence-corrected chi connectivity index (χ2v) is 9.63. The molecule has 0 saturated carbocycles. The first kappa shape index (κ1) is 25.4. The molecule has 0 spiro atoms. The third-order valence-corrected chi connectivity index (χ3v) is 6.71. The van der Waals surface area contributed by atoms with Gasteiger partial charge in [0, 0.05) is 31.9 Å². The van der Waals surface area contributed by atoms with E-state index in [1.54, 1.807) is 40.3 Å². The van der Waals surface area contributed by atoms with Crippen LogP contribution < -0.4 is 19.5 Å². The minimum Gasteiger partial charge on any atom is -0.493 e. The van der Waals surface area contributed by atoms with Gasteiger partial charge in [-0.2, -0.15) is 0 Å². The highest BCUT2D eigenvalue weighted by Gasteiger charge is 2.20. The summed E-state index contributed by atoms with van der Waals surface area (Å²) in [6, 6.07) is 8.30. The molecule has 0 bridgehead atoms. The third kappa shape index (κ3) is 5.70. The number of hydrogen-bond donors (Lipinski definition) is 1. The first-order valence-corrected chi connectivity index (χ1v) is 11.3. The Bertz CT molecular complexity index is 1070. The van der Waals surface area contributed by atoms with Crippen molar-refractivity contribution in [3.05, 3.63) is 41.5 Å². The summed E-state index contributed by atoms with van der Waals surface area (Å²) in [7, 11) is 5.76. The molecule has 1 N–H and O–H groups in total. The van der Waals surface area contributed by atoms with Crippen LogP contribution in [-0.4, -0.2) is 72.5 Å². The standard InChI is InChI=1S/C22H31N3O6S/c1-15-8-10-17(32(27,28)24(2)3)12-18(15)23-20(26)14-25(4)13-16-9-11-19(29-5)22(31-7)21(16)30-6/h8-12H,13-14H2,1-7H3,(H,23,26). The highest BCUT2D eigenvalue weighted by molar-refractivity contribution is 7.89. The van der Waals surface area contributed by atoms with Gasteiger partial charge in [-0.3, -0.25) is 9.69 Å². The number of nitrogens with one attached hydrogen (secondary N) is 1. The van der Waals surface area contributed by atoms with Crippen molar-refractivity contribution in [2.75, 3.05) is 54.3 Å². The van der Waals surface area contributed by atoms with Gasteiger partial charge >= 0.3 is 0 Å². The number of methoxy groups -OCH3 is 3. The van der Waals surface area contributed by atoms with Crippen LogP contribution in [0, 0.1) is 6.92 Å². The van der Waals surface area contributed by atoms with Crippen molar-refractivity contribution in [2.24, 2.45) is 0 Å². The molecule has 10 heteroatoms. The van der Waals surface area contributed by atoms with Crippen LogP contribution in [0.15, 0.2) is 35.2 Å². The van der Waals surface area contributed by atoms with Crippen LogP contribution in [0.1, 0.15) is 11.1 Å². The Morgan fingerprint density at radius 1 is 0.969 bits per heavy atom. The predicted molar refractivity (Wildman–Crippen MR) is 123 cm³/mol. The van der Waals surface area contributed by atoms with E-state index in [0.717, 1.165) is 15.4 Å². The van der Waals surface area contributed by atoms with Gasteiger partial charge in [0.1, 0.15) is 0 Å². The Balaban J connectivity index is 2.15. The number of benzene rings is 2. The number of nitrogens with zero attached hydrogens (tertiary/aromatic N) is 2. The highest BCUT2D eigenvalue weighted by atomic mass is 32.2. The van der Waals surface area contributed by atoms with Gasteiger partial charge in [0.15, 0.2) is 11.5 Å². The van der Waals surface area contributed by atoms with E-state index in [0.29, 0.717) is 29.5 Å². The highest BCUT2D eigenvalue weighted by Crippen LogP contribution is 2.40. The number of hydrogen-bond acceptors (Lipinski definition) is 7. The van der Waals surface area contributed by atoms with Crippen molar-refractivity contribution >= 4 is 21.6 Å². The van der Waals surface area contributed by atoms with E-state index in [2.05, 4.69) is 5.32 Å². The van der Waals surface area contributed by atoms with Crippen molar-refractivity contribution in [3.8, 4) is 17.2 Å². The molecule has 0 atom stereocenters. The van der Waals surface area contributed by atoms with Crippen LogP contribution in [0.25, 0.3) is 0 Å². The van der Waals surface area contributed by atoms with E-state index >= 15 is 0 Å². The van der Waals surface area contributed by atoms with Gasteiger partial charge in [-0.05, 0) is 37.7 Å². The van der Waals surface area contributed by atoms with Crippen molar-refractivity contribution in [1.82, 2.24) is 9.21 Å². The summed E-state index contributed by atoms with van der Waals surface area (Å²) in [5.74, 6) is 1.31. The molecule has 0 aliphatic carbocycles. The number of amides is 1. The molecule has 2 aromatic rings. The van der Waals surface area contributed by atoms with Gasteiger partial charge in [-0.25, -0.2) is 12.7 Å². The normalized spacial score (nSPS) is 11.5. The number of rotatable bonds is 10. The van der Waals surface area contributed by atoms with Crippen LogP contribution >= 0.6 is 0 Å². The maximum atomic E-state index is 12.6. The number of carbonyl (C=O) groups is 1. The van der Waals surface area contributed by atoms with E-state index in [1.807, 2.05) is 11.0 Å². The van der Waals surface area contributed by atoms with Crippen molar-refractivity contribution in [2.45, 2.75) is 18.4 Å². The Hall–Kier alpha value is -2.82. The zero-order chi connectivity index (χ0) is 24.1. The lowest BCUT2D eigenvalue weighted by Crippen LogP contribution is -2.30. The molecule has 0 unspecified atom stereocenters. The summed E-state index contributed by atoms with van der Waals surface area (Å²) in [5, 5.41) is 2.81. The van der Waals surface area contributed by atoms with Crippen LogP contribution in [0.4, 0.5) is 5.69 Å². The van der Waals surface area contributed by atoms with Gasteiger partial charge in [0.25, 0.3) is 0 Å². The molecule has 32 heavy (non-hydrogen) atoms. The summed E-state index contributed by atoms with van der Waals surface area (Å²) in [5.41, 5.74) is 2.05. The van der Waals surface area contributed by atoms with Crippen LogP contribution in [0.3, 0.4) is 0 Å². The molecule has 176 valence electrons. The van der Waals surface area contributed by atoms with Gasteiger partial charge in [-0.15, -0.1) is 0 Å². The average Bonchev–Trinajstić information content (AvgIpc) is 2.74. The second-order valence-electron chi connectivity index (χ2n) is 7.48. The average molecular weight is 466 g/mol. The smallest absolute Gasteiger partial charge is 0.242 e. The summed E-state index contributed by atoms with van der Waals surface area (Å²) >= 11 is 0. The molecule has 2 rings (SSSR count). The topological polar surface area (TPSA) is 97.4 Å². The van der Waals surface area contributed by atoms with E-state index in [9.17, 15) is 13.2 Å². The van der Waals surface area contributed by atoms with Gasteiger partial charge in [0.2, 0.25) is 21.7 Å². The minimum atomic E-state index is -3.60. The Morgan fingerprint density at radius 3 is 2.19 bits per heavy atom. The van der Waals surface area contributed by atoms with Gasteiger partial charge in [0.05, 0.1) is 32.8 Å². The van der Waals surface area contributed by atoms with E-state index in [1.165, 1.54) is 33.3 Å². The fourth-order valence-electron chi connectivity index (χ4n) is 3.18. The number of aryl methyl sites for hydroxylation is 1. The van der Waals surface area contributed by atoms with Gasteiger partial charge < -0.3 is 19.5 Å². The zero-order valence-electron chi connectivity index (χ0n) is 19.6. The lowest BCUT2D eigenvalue weighted by Gasteiger charge is -2.21.